The molecule has 0 aliphatic rings. The predicted octanol–water partition coefficient (Wildman–Crippen LogP) is 0.869. The number of hydrogen-bond donors (Lipinski definition) is 1. The number of nitrogens with one attached hydrogen (secondary N) is 1. The molecular weight excluding hydrogens is 192 g/mol. The predicted molar refractivity (Wildman–Crippen MR) is 61.9 cm³/mol. The fourth-order valence-electron chi connectivity index (χ4n) is 1.41. The molecule has 0 spiro atoms. The van der Waals surface area contributed by atoms with Crippen LogP contribution in [0.5, 0.6) is 0 Å². The van der Waals surface area contributed by atoms with E-state index in [0.29, 0.717) is 13.2 Å². The van der Waals surface area contributed by atoms with Gasteiger partial charge in [0.1, 0.15) is 0 Å². The normalized spacial score (nSPS) is 12.5. The van der Waals surface area contributed by atoms with E-state index in [1.807, 2.05) is 32.6 Å². The summed E-state index contributed by atoms with van der Waals surface area (Å²) in [5.74, 6) is 0.156. The van der Waals surface area contributed by atoms with Crippen LogP contribution in [0.15, 0.2) is 0 Å². The van der Waals surface area contributed by atoms with Gasteiger partial charge in [-0.1, -0.05) is 0 Å². The molecule has 0 fully saturated rings. The summed E-state index contributed by atoms with van der Waals surface area (Å²) < 4.78 is 5.35. The zero-order valence-electron chi connectivity index (χ0n) is 10.4. The van der Waals surface area contributed by atoms with E-state index in [9.17, 15) is 4.79 Å². The number of ether oxygens (including phenoxy) is 1. The summed E-state index contributed by atoms with van der Waals surface area (Å²) in [5, 5.41) is 3.10. The molecule has 1 atom stereocenters. The highest BCUT2D eigenvalue weighted by Crippen LogP contribution is 1.89. The molecule has 0 aromatic rings. The molecule has 0 saturated heterocycles. The largest absolute Gasteiger partial charge is 0.377 e. The van der Waals surface area contributed by atoms with Gasteiger partial charge in [-0.15, -0.1) is 0 Å². The number of amides is 1. The molecule has 0 aromatic carbocycles. The van der Waals surface area contributed by atoms with Crippen LogP contribution in [0.1, 0.15) is 27.7 Å². The van der Waals surface area contributed by atoms with E-state index < -0.39 is 0 Å². The summed E-state index contributed by atoms with van der Waals surface area (Å²) in [7, 11) is 0. The molecule has 0 saturated carbocycles. The molecule has 90 valence electrons. The third kappa shape index (κ3) is 6.47. The second kappa shape index (κ2) is 8.68. The summed E-state index contributed by atoms with van der Waals surface area (Å²) in [6.07, 6.45) is 0.166. The van der Waals surface area contributed by atoms with Crippen molar-refractivity contribution in [1.29, 1.82) is 0 Å². The van der Waals surface area contributed by atoms with Crippen molar-refractivity contribution in [2.75, 3.05) is 32.8 Å². The van der Waals surface area contributed by atoms with Gasteiger partial charge in [0.15, 0.2) is 0 Å². The molecule has 1 amide bonds. The number of carbonyl (C=O) groups is 1. The van der Waals surface area contributed by atoms with Gasteiger partial charge in [-0.05, 0) is 27.7 Å². The highest BCUT2D eigenvalue weighted by Gasteiger charge is 2.09. The first-order valence-electron chi connectivity index (χ1n) is 5.75. The first-order chi connectivity index (χ1) is 7.15. The van der Waals surface area contributed by atoms with Gasteiger partial charge in [0.25, 0.3) is 0 Å². The van der Waals surface area contributed by atoms with Gasteiger partial charge < -0.3 is 15.0 Å². The Hall–Kier alpha value is -0.610. The van der Waals surface area contributed by atoms with Gasteiger partial charge in [0.2, 0.25) is 5.91 Å². The molecule has 1 N–H and O–H groups in total. The Morgan fingerprint density at radius 2 is 1.93 bits per heavy atom. The lowest BCUT2D eigenvalue weighted by atomic mass is 10.4. The topological polar surface area (TPSA) is 41.6 Å². The van der Waals surface area contributed by atoms with Gasteiger partial charge in [-0.2, -0.15) is 0 Å². The van der Waals surface area contributed by atoms with E-state index in [0.717, 1.165) is 19.6 Å². The van der Waals surface area contributed by atoms with E-state index in [4.69, 9.17) is 4.74 Å². The van der Waals surface area contributed by atoms with Crippen LogP contribution in [0.4, 0.5) is 0 Å². The Morgan fingerprint density at radius 3 is 2.40 bits per heavy atom. The zero-order valence-corrected chi connectivity index (χ0v) is 10.4. The van der Waals surface area contributed by atoms with Crippen molar-refractivity contribution in [1.82, 2.24) is 10.2 Å². The van der Waals surface area contributed by atoms with E-state index in [1.165, 1.54) is 0 Å². The van der Waals surface area contributed by atoms with Crippen LogP contribution < -0.4 is 5.32 Å². The fraction of sp³-hybridized carbons (Fsp3) is 0.909. The third-order valence-corrected chi connectivity index (χ3v) is 2.28. The molecule has 1 unspecified atom stereocenters. The summed E-state index contributed by atoms with van der Waals surface area (Å²) in [6.45, 7) is 11.3. The number of carbonyl (C=O) groups excluding carboxylic acids is 1. The quantitative estimate of drug-likeness (QED) is 0.654. The van der Waals surface area contributed by atoms with Crippen LogP contribution in [0.2, 0.25) is 0 Å². The van der Waals surface area contributed by atoms with E-state index in [1.54, 1.807) is 0 Å². The average Bonchev–Trinajstić information content (AvgIpc) is 2.20. The minimum Gasteiger partial charge on any atom is -0.377 e. The highest BCUT2D eigenvalue weighted by molar-refractivity contribution is 5.78. The molecular formula is C11H24N2O2. The molecule has 0 radical (unpaired) electrons. The SMILES string of the molecule is CCOC(C)CNCC(=O)N(CC)CC. The average molecular weight is 216 g/mol. The van der Waals surface area contributed by atoms with Crippen LogP contribution in [0.25, 0.3) is 0 Å². The van der Waals surface area contributed by atoms with Crippen molar-refractivity contribution >= 4 is 5.91 Å². The Balaban J connectivity index is 3.62. The summed E-state index contributed by atoms with van der Waals surface area (Å²) >= 11 is 0. The number of likely N-dealkylation sites (N-methyl/N-ethyl adjacent to an activating group) is 1. The first kappa shape index (κ1) is 14.4. The summed E-state index contributed by atoms with van der Waals surface area (Å²) in [4.78, 5) is 13.4. The van der Waals surface area contributed by atoms with Gasteiger partial charge in [0.05, 0.1) is 12.6 Å². The Kier molecular flexibility index (Phi) is 8.33. The van der Waals surface area contributed by atoms with Gasteiger partial charge in [-0.25, -0.2) is 0 Å². The van der Waals surface area contributed by atoms with Crippen LogP contribution in [-0.2, 0) is 9.53 Å². The van der Waals surface area contributed by atoms with Crippen molar-refractivity contribution in [3.63, 3.8) is 0 Å². The van der Waals surface area contributed by atoms with Crippen LogP contribution >= 0.6 is 0 Å². The van der Waals surface area contributed by atoms with Crippen molar-refractivity contribution in [3.05, 3.63) is 0 Å². The number of hydrogen-bond acceptors (Lipinski definition) is 3. The van der Waals surface area contributed by atoms with Crippen LogP contribution in [0, 0.1) is 0 Å². The first-order valence-corrected chi connectivity index (χ1v) is 5.75. The molecule has 0 bridgehead atoms. The smallest absolute Gasteiger partial charge is 0.236 e. The van der Waals surface area contributed by atoms with E-state index >= 15 is 0 Å². The number of nitrogens with zero attached hydrogens (tertiary/aromatic N) is 1. The maximum absolute atomic E-state index is 11.6. The van der Waals surface area contributed by atoms with Crippen molar-refractivity contribution in [2.24, 2.45) is 0 Å². The Morgan fingerprint density at radius 1 is 1.33 bits per heavy atom. The fourth-order valence-corrected chi connectivity index (χ4v) is 1.41. The lowest BCUT2D eigenvalue weighted by Gasteiger charge is -2.19. The second-order valence-electron chi connectivity index (χ2n) is 3.46. The lowest BCUT2D eigenvalue weighted by Crippen LogP contribution is -2.40. The maximum Gasteiger partial charge on any atom is 0.236 e. The van der Waals surface area contributed by atoms with Gasteiger partial charge in [0, 0.05) is 26.2 Å². The molecule has 0 heterocycles. The second-order valence-corrected chi connectivity index (χ2v) is 3.46. The van der Waals surface area contributed by atoms with Gasteiger partial charge >= 0.3 is 0 Å². The minimum atomic E-state index is 0.156. The highest BCUT2D eigenvalue weighted by atomic mass is 16.5. The Labute approximate surface area is 93.0 Å². The summed E-state index contributed by atoms with van der Waals surface area (Å²) in [6, 6.07) is 0. The maximum atomic E-state index is 11.6. The third-order valence-electron chi connectivity index (χ3n) is 2.28. The molecule has 0 rings (SSSR count). The standard InChI is InChI=1S/C11H24N2O2/c1-5-13(6-2)11(14)9-12-8-10(4)15-7-3/h10,12H,5-9H2,1-4H3. The summed E-state index contributed by atoms with van der Waals surface area (Å²) in [5.41, 5.74) is 0. The van der Waals surface area contributed by atoms with E-state index in [-0.39, 0.29) is 12.0 Å². The lowest BCUT2D eigenvalue weighted by molar-refractivity contribution is -0.129. The van der Waals surface area contributed by atoms with E-state index in [2.05, 4.69) is 5.32 Å². The van der Waals surface area contributed by atoms with Crippen molar-refractivity contribution in [2.45, 2.75) is 33.8 Å². The van der Waals surface area contributed by atoms with Crippen LogP contribution in [0.3, 0.4) is 0 Å². The monoisotopic (exact) mass is 216 g/mol. The molecule has 0 aromatic heterocycles. The van der Waals surface area contributed by atoms with Crippen molar-refractivity contribution < 1.29 is 9.53 Å². The number of rotatable bonds is 8. The molecule has 0 aliphatic carbocycles. The molecule has 4 heteroatoms. The van der Waals surface area contributed by atoms with Crippen molar-refractivity contribution in [3.8, 4) is 0 Å². The van der Waals surface area contributed by atoms with Gasteiger partial charge in [-0.3, -0.25) is 4.79 Å². The minimum absolute atomic E-state index is 0.156. The molecule has 15 heavy (non-hydrogen) atoms. The molecule has 0 aliphatic heterocycles. The Bertz CT molecular complexity index is 170. The van der Waals surface area contributed by atoms with Crippen LogP contribution in [-0.4, -0.2) is 49.7 Å². The zero-order chi connectivity index (χ0) is 11.7. The molecule has 4 nitrogen and oxygen atoms in total.